The first-order valence-corrected chi connectivity index (χ1v) is 6.84. The number of hydrogen-bond acceptors (Lipinski definition) is 5. The highest BCUT2D eigenvalue weighted by Gasteiger charge is 2.39. The van der Waals surface area contributed by atoms with Gasteiger partial charge in [0, 0.05) is 19.6 Å². The SMILES string of the molecule is CCN(C(=O)NN1CCOCC1)C1COCC1C(=O)O. The molecule has 2 N–H and O–H groups in total. The number of rotatable bonds is 4. The van der Waals surface area contributed by atoms with E-state index < -0.39 is 17.9 Å². The second kappa shape index (κ2) is 6.87. The van der Waals surface area contributed by atoms with E-state index in [9.17, 15) is 9.59 Å². The Labute approximate surface area is 117 Å². The van der Waals surface area contributed by atoms with E-state index in [1.165, 1.54) is 4.90 Å². The van der Waals surface area contributed by atoms with Crippen LogP contribution in [0.1, 0.15) is 6.92 Å². The number of aliphatic carboxylic acids is 1. The van der Waals surface area contributed by atoms with Crippen molar-refractivity contribution in [2.45, 2.75) is 13.0 Å². The molecule has 0 radical (unpaired) electrons. The van der Waals surface area contributed by atoms with E-state index in [1.807, 2.05) is 6.92 Å². The zero-order chi connectivity index (χ0) is 14.5. The minimum atomic E-state index is -0.926. The van der Waals surface area contributed by atoms with Crippen molar-refractivity contribution in [3.05, 3.63) is 0 Å². The number of ether oxygens (including phenoxy) is 2. The molecule has 20 heavy (non-hydrogen) atoms. The standard InChI is InChI=1S/C12H21N3O5/c1-2-15(10-8-20-7-9(10)11(16)17)12(18)13-14-3-5-19-6-4-14/h9-10H,2-8H2,1H3,(H,13,18)(H,16,17). The van der Waals surface area contributed by atoms with E-state index in [1.54, 1.807) is 5.01 Å². The van der Waals surface area contributed by atoms with E-state index in [0.717, 1.165) is 0 Å². The molecule has 8 heteroatoms. The number of hydrazine groups is 1. The van der Waals surface area contributed by atoms with Gasteiger partial charge >= 0.3 is 12.0 Å². The number of amides is 2. The molecule has 0 spiro atoms. The lowest BCUT2D eigenvalue weighted by atomic mass is 10.0. The lowest BCUT2D eigenvalue weighted by Crippen LogP contribution is -2.56. The average Bonchev–Trinajstić information content (AvgIpc) is 2.90. The molecule has 2 aliphatic rings. The van der Waals surface area contributed by atoms with Crippen LogP contribution in [0, 0.1) is 5.92 Å². The lowest BCUT2D eigenvalue weighted by Gasteiger charge is -2.33. The van der Waals surface area contributed by atoms with E-state index >= 15 is 0 Å². The van der Waals surface area contributed by atoms with Gasteiger partial charge in [-0.25, -0.2) is 9.80 Å². The number of carboxylic acid groups (broad SMARTS) is 1. The molecule has 2 heterocycles. The summed E-state index contributed by atoms with van der Waals surface area (Å²) in [6, 6.07) is -0.699. The molecule has 8 nitrogen and oxygen atoms in total. The predicted octanol–water partition coefficient (Wildman–Crippen LogP) is -0.635. The van der Waals surface area contributed by atoms with Crippen molar-refractivity contribution in [1.29, 1.82) is 0 Å². The monoisotopic (exact) mass is 287 g/mol. The van der Waals surface area contributed by atoms with Gasteiger partial charge in [0.05, 0.1) is 32.5 Å². The largest absolute Gasteiger partial charge is 0.481 e. The van der Waals surface area contributed by atoms with Gasteiger partial charge < -0.3 is 19.5 Å². The van der Waals surface area contributed by atoms with Crippen LogP contribution < -0.4 is 5.43 Å². The smallest absolute Gasteiger partial charge is 0.332 e. The molecule has 2 aliphatic heterocycles. The summed E-state index contributed by atoms with van der Waals surface area (Å²) in [5, 5.41) is 11.0. The molecule has 2 fully saturated rings. The molecule has 2 unspecified atom stereocenters. The van der Waals surface area contributed by atoms with Gasteiger partial charge in [-0.1, -0.05) is 0 Å². The molecular weight excluding hydrogens is 266 g/mol. The zero-order valence-corrected chi connectivity index (χ0v) is 11.6. The zero-order valence-electron chi connectivity index (χ0n) is 11.6. The highest BCUT2D eigenvalue weighted by Crippen LogP contribution is 2.20. The van der Waals surface area contributed by atoms with Gasteiger partial charge in [-0.2, -0.15) is 0 Å². The Morgan fingerprint density at radius 3 is 2.60 bits per heavy atom. The topological polar surface area (TPSA) is 91.3 Å². The Morgan fingerprint density at radius 1 is 1.30 bits per heavy atom. The first kappa shape index (κ1) is 15.0. The van der Waals surface area contributed by atoms with Crippen molar-refractivity contribution >= 4 is 12.0 Å². The van der Waals surface area contributed by atoms with Crippen LogP contribution in [0.3, 0.4) is 0 Å². The van der Waals surface area contributed by atoms with Crippen molar-refractivity contribution in [3.8, 4) is 0 Å². The van der Waals surface area contributed by atoms with E-state index in [-0.39, 0.29) is 19.2 Å². The van der Waals surface area contributed by atoms with Crippen LogP contribution in [0.2, 0.25) is 0 Å². The summed E-state index contributed by atoms with van der Waals surface area (Å²) in [5.41, 5.74) is 2.80. The Balaban J connectivity index is 1.95. The fourth-order valence-electron chi connectivity index (χ4n) is 2.49. The molecule has 2 rings (SSSR count). The van der Waals surface area contributed by atoms with E-state index in [4.69, 9.17) is 14.6 Å². The number of carbonyl (C=O) groups excluding carboxylic acids is 1. The second-order valence-corrected chi connectivity index (χ2v) is 4.85. The quantitative estimate of drug-likeness (QED) is 0.715. The van der Waals surface area contributed by atoms with Gasteiger partial charge in [0.2, 0.25) is 0 Å². The van der Waals surface area contributed by atoms with Gasteiger partial charge in [0.25, 0.3) is 0 Å². The van der Waals surface area contributed by atoms with Crippen molar-refractivity contribution < 1.29 is 24.2 Å². The maximum Gasteiger partial charge on any atom is 0.332 e. The average molecular weight is 287 g/mol. The third-order valence-electron chi connectivity index (χ3n) is 3.63. The van der Waals surface area contributed by atoms with Crippen LogP contribution >= 0.6 is 0 Å². The van der Waals surface area contributed by atoms with Crippen molar-refractivity contribution in [2.24, 2.45) is 5.92 Å². The fraction of sp³-hybridized carbons (Fsp3) is 0.833. The van der Waals surface area contributed by atoms with Crippen LogP contribution in [-0.4, -0.2) is 79.1 Å². The number of hydrogen-bond donors (Lipinski definition) is 2. The van der Waals surface area contributed by atoms with Crippen LogP contribution in [0.25, 0.3) is 0 Å². The van der Waals surface area contributed by atoms with Crippen LogP contribution in [0.4, 0.5) is 4.79 Å². The third kappa shape index (κ3) is 3.38. The van der Waals surface area contributed by atoms with Crippen molar-refractivity contribution in [3.63, 3.8) is 0 Å². The number of urea groups is 1. The number of nitrogens with one attached hydrogen (secondary N) is 1. The molecule has 0 aromatic heterocycles. The number of carbonyl (C=O) groups is 2. The maximum atomic E-state index is 12.3. The molecule has 0 aromatic rings. The Kier molecular flexibility index (Phi) is 5.16. The number of nitrogens with zero attached hydrogens (tertiary/aromatic N) is 2. The normalized spacial score (nSPS) is 27.2. The molecule has 0 aliphatic carbocycles. The van der Waals surface area contributed by atoms with Gasteiger partial charge in [-0.05, 0) is 6.92 Å². The maximum absolute atomic E-state index is 12.3. The first-order valence-electron chi connectivity index (χ1n) is 6.84. The van der Waals surface area contributed by atoms with Gasteiger partial charge in [-0.15, -0.1) is 0 Å². The fourth-order valence-corrected chi connectivity index (χ4v) is 2.49. The number of carboxylic acids is 1. The van der Waals surface area contributed by atoms with Crippen LogP contribution in [0.5, 0.6) is 0 Å². The second-order valence-electron chi connectivity index (χ2n) is 4.85. The van der Waals surface area contributed by atoms with Crippen molar-refractivity contribution in [2.75, 3.05) is 46.1 Å². The Bertz CT molecular complexity index is 359. The number of morpholine rings is 1. The molecule has 0 bridgehead atoms. The van der Waals surface area contributed by atoms with E-state index in [2.05, 4.69) is 5.43 Å². The molecule has 0 saturated carbocycles. The highest BCUT2D eigenvalue weighted by atomic mass is 16.5. The molecule has 2 amide bonds. The lowest BCUT2D eigenvalue weighted by molar-refractivity contribution is -0.142. The summed E-state index contributed by atoms with van der Waals surface area (Å²) in [7, 11) is 0. The van der Waals surface area contributed by atoms with Gasteiger partial charge in [0.1, 0.15) is 5.92 Å². The van der Waals surface area contributed by atoms with E-state index in [0.29, 0.717) is 32.8 Å². The Morgan fingerprint density at radius 2 is 2.00 bits per heavy atom. The summed E-state index contributed by atoms with van der Waals surface area (Å²) in [4.78, 5) is 25.0. The summed E-state index contributed by atoms with van der Waals surface area (Å²) < 4.78 is 10.4. The van der Waals surface area contributed by atoms with Gasteiger partial charge in [-0.3, -0.25) is 10.2 Å². The molecule has 0 aromatic carbocycles. The molecule has 2 saturated heterocycles. The third-order valence-corrected chi connectivity index (χ3v) is 3.63. The minimum Gasteiger partial charge on any atom is -0.481 e. The van der Waals surface area contributed by atoms with Gasteiger partial charge in [0.15, 0.2) is 0 Å². The molecule has 114 valence electrons. The Hall–Kier alpha value is -1.38. The summed E-state index contributed by atoms with van der Waals surface area (Å²) >= 11 is 0. The number of likely N-dealkylation sites (N-methyl/N-ethyl adjacent to an activating group) is 1. The first-order chi connectivity index (χ1) is 9.63. The molecule has 2 atom stereocenters. The van der Waals surface area contributed by atoms with Crippen LogP contribution in [0.15, 0.2) is 0 Å². The summed E-state index contributed by atoms with van der Waals surface area (Å²) in [6.45, 7) is 5.11. The predicted molar refractivity (Wildman–Crippen MR) is 69.0 cm³/mol. The van der Waals surface area contributed by atoms with Crippen molar-refractivity contribution in [1.82, 2.24) is 15.3 Å². The highest BCUT2D eigenvalue weighted by molar-refractivity contribution is 5.77. The summed E-state index contributed by atoms with van der Waals surface area (Å²) in [5.74, 6) is -1.59. The minimum absolute atomic E-state index is 0.154. The molecular formula is C12H21N3O5. The summed E-state index contributed by atoms with van der Waals surface area (Å²) in [6.07, 6.45) is 0. The van der Waals surface area contributed by atoms with Crippen LogP contribution in [-0.2, 0) is 14.3 Å².